The van der Waals surface area contributed by atoms with Crippen LogP contribution in [0.4, 0.5) is 0 Å². The number of hydrogen-bond acceptors (Lipinski definition) is 6. The summed E-state index contributed by atoms with van der Waals surface area (Å²) in [6, 6.07) is 11.4. The number of hydrogen-bond donors (Lipinski definition) is 1. The highest BCUT2D eigenvalue weighted by Gasteiger charge is 2.13. The Hall–Kier alpha value is -2.74. The van der Waals surface area contributed by atoms with Crippen molar-refractivity contribution in [2.75, 3.05) is 19.8 Å². The molecule has 0 aliphatic carbocycles. The fraction of sp³-hybridized carbons (Fsp3) is 0.316. The van der Waals surface area contributed by atoms with Gasteiger partial charge < -0.3 is 14.2 Å². The van der Waals surface area contributed by atoms with E-state index in [0.29, 0.717) is 42.6 Å². The third-order valence-electron chi connectivity index (χ3n) is 3.42. The van der Waals surface area contributed by atoms with Crippen molar-refractivity contribution in [3.63, 3.8) is 0 Å². The standard InChI is InChI=1S/C19H24N2O5S/c1-4-24-16-9-11-18(12-10-16)27(22,23)21-20-14-15-7-8-17(25-5-2)13-19(15)26-6-3/h7-14,21H,4-6H2,1-3H3/b20-14+. The molecule has 0 spiro atoms. The topological polar surface area (TPSA) is 86.2 Å². The van der Waals surface area contributed by atoms with Crippen LogP contribution in [0.2, 0.25) is 0 Å². The van der Waals surface area contributed by atoms with Gasteiger partial charge in [0.2, 0.25) is 0 Å². The van der Waals surface area contributed by atoms with Crippen LogP contribution in [0.1, 0.15) is 26.3 Å². The number of nitrogens with zero attached hydrogens (tertiary/aromatic N) is 1. The van der Waals surface area contributed by atoms with E-state index in [2.05, 4.69) is 9.93 Å². The molecule has 0 radical (unpaired) electrons. The van der Waals surface area contributed by atoms with Crippen LogP contribution in [-0.2, 0) is 10.0 Å². The van der Waals surface area contributed by atoms with Crippen molar-refractivity contribution in [3.8, 4) is 17.2 Å². The number of nitrogens with one attached hydrogen (secondary N) is 1. The molecule has 0 unspecified atom stereocenters. The maximum absolute atomic E-state index is 12.3. The molecule has 0 amide bonds. The summed E-state index contributed by atoms with van der Waals surface area (Å²) in [6.07, 6.45) is 1.40. The number of hydrazone groups is 1. The van der Waals surface area contributed by atoms with Crippen molar-refractivity contribution < 1.29 is 22.6 Å². The van der Waals surface area contributed by atoms with Crippen molar-refractivity contribution >= 4 is 16.2 Å². The summed E-state index contributed by atoms with van der Waals surface area (Å²) < 4.78 is 41.0. The van der Waals surface area contributed by atoms with E-state index in [0.717, 1.165) is 0 Å². The van der Waals surface area contributed by atoms with Gasteiger partial charge in [-0.1, -0.05) is 0 Å². The Bertz CT molecular complexity index is 864. The lowest BCUT2D eigenvalue weighted by Crippen LogP contribution is -2.18. The summed E-state index contributed by atoms with van der Waals surface area (Å²) in [5.74, 6) is 1.84. The maximum Gasteiger partial charge on any atom is 0.276 e. The number of sulfonamides is 1. The van der Waals surface area contributed by atoms with Gasteiger partial charge in [0.1, 0.15) is 17.2 Å². The number of benzene rings is 2. The van der Waals surface area contributed by atoms with Crippen LogP contribution in [0.5, 0.6) is 17.2 Å². The predicted octanol–water partition coefficient (Wildman–Crippen LogP) is 3.20. The van der Waals surface area contributed by atoms with Gasteiger partial charge in [0.25, 0.3) is 10.0 Å². The van der Waals surface area contributed by atoms with Crippen molar-refractivity contribution in [2.24, 2.45) is 5.10 Å². The molecule has 0 saturated heterocycles. The summed E-state index contributed by atoms with van der Waals surface area (Å²) in [7, 11) is -3.77. The van der Waals surface area contributed by atoms with Gasteiger partial charge in [0.15, 0.2) is 0 Å². The van der Waals surface area contributed by atoms with Crippen molar-refractivity contribution in [1.82, 2.24) is 4.83 Å². The Morgan fingerprint density at radius 2 is 1.48 bits per heavy atom. The molecule has 0 aliphatic rings. The molecule has 7 nitrogen and oxygen atoms in total. The Kier molecular flexibility index (Phi) is 7.48. The quantitative estimate of drug-likeness (QED) is 0.496. The van der Waals surface area contributed by atoms with Crippen LogP contribution >= 0.6 is 0 Å². The van der Waals surface area contributed by atoms with Gasteiger partial charge in [0, 0.05) is 11.6 Å². The first-order valence-electron chi connectivity index (χ1n) is 8.67. The number of rotatable bonds is 10. The highest BCUT2D eigenvalue weighted by Crippen LogP contribution is 2.24. The molecular formula is C19H24N2O5S. The van der Waals surface area contributed by atoms with Gasteiger partial charge in [-0.2, -0.15) is 13.5 Å². The minimum atomic E-state index is -3.77. The zero-order chi connectivity index (χ0) is 19.7. The van der Waals surface area contributed by atoms with Gasteiger partial charge in [-0.3, -0.25) is 0 Å². The van der Waals surface area contributed by atoms with Crippen LogP contribution in [0.15, 0.2) is 52.5 Å². The zero-order valence-electron chi connectivity index (χ0n) is 15.6. The van der Waals surface area contributed by atoms with Crippen LogP contribution in [-0.4, -0.2) is 34.5 Å². The molecule has 0 fully saturated rings. The van der Waals surface area contributed by atoms with E-state index in [-0.39, 0.29) is 4.90 Å². The average molecular weight is 392 g/mol. The molecule has 8 heteroatoms. The summed E-state index contributed by atoms with van der Waals surface area (Å²) in [6.45, 7) is 7.14. The highest BCUT2D eigenvalue weighted by atomic mass is 32.2. The first-order chi connectivity index (χ1) is 13.0. The highest BCUT2D eigenvalue weighted by molar-refractivity contribution is 7.89. The molecule has 0 atom stereocenters. The monoisotopic (exact) mass is 392 g/mol. The van der Waals surface area contributed by atoms with Crippen molar-refractivity contribution in [3.05, 3.63) is 48.0 Å². The Morgan fingerprint density at radius 1 is 0.889 bits per heavy atom. The Morgan fingerprint density at radius 3 is 2.11 bits per heavy atom. The summed E-state index contributed by atoms with van der Waals surface area (Å²) in [5, 5.41) is 3.85. The molecule has 0 bridgehead atoms. The molecule has 27 heavy (non-hydrogen) atoms. The van der Waals surface area contributed by atoms with Crippen molar-refractivity contribution in [2.45, 2.75) is 25.7 Å². The van der Waals surface area contributed by atoms with Gasteiger partial charge in [0.05, 0.1) is 30.9 Å². The van der Waals surface area contributed by atoms with Crippen LogP contribution in [0.3, 0.4) is 0 Å². The van der Waals surface area contributed by atoms with Crippen LogP contribution < -0.4 is 19.0 Å². The smallest absolute Gasteiger partial charge is 0.276 e. The maximum atomic E-state index is 12.3. The van der Waals surface area contributed by atoms with Crippen molar-refractivity contribution in [1.29, 1.82) is 0 Å². The minimum Gasteiger partial charge on any atom is -0.494 e. The summed E-state index contributed by atoms with van der Waals surface area (Å²) >= 11 is 0. The van der Waals surface area contributed by atoms with E-state index in [9.17, 15) is 8.42 Å². The second-order valence-electron chi connectivity index (χ2n) is 5.32. The first kappa shape index (κ1) is 20.6. The van der Waals surface area contributed by atoms with Gasteiger partial charge >= 0.3 is 0 Å². The molecule has 1 N–H and O–H groups in total. The molecule has 0 aromatic heterocycles. The molecule has 146 valence electrons. The third kappa shape index (κ3) is 5.89. The largest absolute Gasteiger partial charge is 0.494 e. The van der Waals surface area contributed by atoms with Gasteiger partial charge in [-0.15, -0.1) is 0 Å². The average Bonchev–Trinajstić information content (AvgIpc) is 2.65. The van der Waals surface area contributed by atoms with Gasteiger partial charge in [-0.05, 0) is 57.2 Å². The van der Waals surface area contributed by atoms with Gasteiger partial charge in [-0.25, -0.2) is 4.83 Å². The predicted molar refractivity (Wildman–Crippen MR) is 104 cm³/mol. The fourth-order valence-corrected chi connectivity index (χ4v) is 3.05. The molecule has 0 heterocycles. The lowest BCUT2D eigenvalue weighted by Gasteiger charge is -2.10. The van der Waals surface area contributed by atoms with Crippen LogP contribution in [0.25, 0.3) is 0 Å². The minimum absolute atomic E-state index is 0.0971. The van der Waals surface area contributed by atoms with E-state index in [1.165, 1.54) is 18.3 Å². The SMILES string of the molecule is CCOc1ccc(S(=O)(=O)N/N=C/c2ccc(OCC)cc2OCC)cc1. The normalized spacial score (nSPS) is 11.4. The van der Waals surface area contributed by atoms with E-state index in [1.807, 2.05) is 20.8 Å². The Balaban J connectivity index is 2.13. The first-order valence-corrected chi connectivity index (χ1v) is 10.2. The fourth-order valence-electron chi connectivity index (χ4n) is 2.26. The zero-order valence-corrected chi connectivity index (χ0v) is 16.5. The molecular weight excluding hydrogens is 368 g/mol. The van der Waals surface area contributed by atoms with E-state index >= 15 is 0 Å². The summed E-state index contributed by atoms with van der Waals surface area (Å²) in [5.41, 5.74) is 0.634. The Labute approximate surface area is 160 Å². The van der Waals surface area contributed by atoms with E-state index in [4.69, 9.17) is 14.2 Å². The molecule has 2 aromatic rings. The third-order valence-corrected chi connectivity index (χ3v) is 4.66. The second-order valence-corrected chi connectivity index (χ2v) is 6.98. The molecule has 2 aromatic carbocycles. The second kappa shape index (κ2) is 9.82. The number of ether oxygens (including phenoxy) is 3. The van der Waals surface area contributed by atoms with Crippen LogP contribution in [0, 0.1) is 0 Å². The van der Waals surface area contributed by atoms with E-state index < -0.39 is 10.0 Å². The van der Waals surface area contributed by atoms with E-state index in [1.54, 1.807) is 30.3 Å². The lowest BCUT2D eigenvalue weighted by atomic mass is 10.2. The summed E-state index contributed by atoms with van der Waals surface area (Å²) in [4.78, 5) is 2.30. The lowest BCUT2D eigenvalue weighted by molar-refractivity contribution is 0.323. The molecule has 2 rings (SSSR count). The molecule has 0 aliphatic heterocycles. The molecule has 0 saturated carbocycles.